The molecule has 0 spiro atoms. The lowest BCUT2D eigenvalue weighted by atomic mass is 10.1. The third-order valence-corrected chi connectivity index (χ3v) is 5.81. The third kappa shape index (κ3) is 4.11. The van der Waals surface area contributed by atoms with Gasteiger partial charge in [0.25, 0.3) is 11.5 Å². The number of hydrogen-bond donors (Lipinski definition) is 1. The Bertz CT molecular complexity index is 1340. The van der Waals surface area contributed by atoms with Gasteiger partial charge < -0.3 is 14.6 Å². The maximum absolute atomic E-state index is 12.9. The van der Waals surface area contributed by atoms with Crippen molar-refractivity contribution in [3.8, 4) is 11.3 Å². The molecule has 1 fully saturated rings. The molecule has 4 aromatic rings. The Morgan fingerprint density at radius 2 is 1.75 bits per heavy atom. The summed E-state index contributed by atoms with van der Waals surface area (Å²) in [6, 6.07) is 13.1. The number of aliphatic hydroxyl groups excluding tert-OH is 1. The number of hydrogen-bond acceptors (Lipinski definition) is 5. The van der Waals surface area contributed by atoms with Crippen LogP contribution in [0.1, 0.15) is 29.6 Å². The molecule has 0 radical (unpaired) electrons. The number of pyridine rings is 1. The Hall–Kier alpha value is -3.58. The van der Waals surface area contributed by atoms with E-state index in [2.05, 4.69) is 4.98 Å². The fourth-order valence-corrected chi connectivity index (χ4v) is 4.07. The number of aliphatic hydroxyl groups is 1. The lowest BCUT2D eigenvalue weighted by molar-refractivity contribution is 0.0724. The first kappa shape index (κ1) is 21.6. The number of rotatable bonds is 2. The highest BCUT2D eigenvalue weighted by molar-refractivity contribution is 5.97. The van der Waals surface area contributed by atoms with E-state index in [-0.39, 0.29) is 11.5 Å². The molecule has 32 heavy (non-hydrogen) atoms. The lowest BCUT2D eigenvalue weighted by Crippen LogP contribution is -2.35. The predicted octanol–water partition coefficient (Wildman–Crippen LogP) is 3.38. The second-order valence-corrected chi connectivity index (χ2v) is 7.85. The van der Waals surface area contributed by atoms with Crippen molar-refractivity contribution in [2.45, 2.75) is 19.3 Å². The highest BCUT2D eigenvalue weighted by Crippen LogP contribution is 2.24. The van der Waals surface area contributed by atoms with Gasteiger partial charge in [0.1, 0.15) is 0 Å². The Labute approximate surface area is 186 Å². The summed E-state index contributed by atoms with van der Waals surface area (Å²) in [5.41, 5.74) is 3.68. The van der Waals surface area contributed by atoms with Gasteiger partial charge in [-0.1, -0.05) is 6.07 Å². The molecule has 1 aliphatic heterocycles. The van der Waals surface area contributed by atoms with Gasteiger partial charge in [0.15, 0.2) is 0 Å². The fraction of sp³-hybridized carbons (Fsp3) is 0.280. The van der Waals surface area contributed by atoms with Crippen molar-refractivity contribution in [2.75, 3.05) is 20.2 Å². The van der Waals surface area contributed by atoms with Gasteiger partial charge in [0, 0.05) is 50.0 Å². The molecular formula is C25H26N4O3. The number of amides is 1. The van der Waals surface area contributed by atoms with Crippen LogP contribution in [0.2, 0.25) is 0 Å². The molecule has 3 heterocycles. The summed E-state index contributed by atoms with van der Waals surface area (Å²) in [6.45, 7) is 1.64. The van der Waals surface area contributed by atoms with Crippen molar-refractivity contribution in [1.29, 1.82) is 0 Å². The molecule has 0 unspecified atom stereocenters. The maximum Gasteiger partial charge on any atom is 0.258 e. The number of carbonyl (C=O) groups excluding carboxylic acids is 1. The average molecular weight is 431 g/mol. The molecule has 1 N–H and O–H groups in total. The second-order valence-electron chi connectivity index (χ2n) is 7.85. The summed E-state index contributed by atoms with van der Waals surface area (Å²) >= 11 is 0. The highest BCUT2D eigenvalue weighted by atomic mass is 16.2. The Kier molecular flexibility index (Phi) is 6.28. The van der Waals surface area contributed by atoms with E-state index in [1.807, 2.05) is 47.4 Å². The van der Waals surface area contributed by atoms with Crippen LogP contribution in [-0.2, 0) is 7.05 Å². The largest absolute Gasteiger partial charge is 0.400 e. The average Bonchev–Trinajstić information content (AvgIpc) is 2.86. The van der Waals surface area contributed by atoms with Crippen LogP contribution in [0.5, 0.6) is 0 Å². The zero-order valence-corrected chi connectivity index (χ0v) is 18.3. The summed E-state index contributed by atoms with van der Waals surface area (Å²) in [5, 5.41) is 8.54. The number of aromatic nitrogens is 3. The smallest absolute Gasteiger partial charge is 0.258 e. The van der Waals surface area contributed by atoms with Crippen LogP contribution in [0.25, 0.3) is 33.1 Å². The van der Waals surface area contributed by atoms with Crippen LogP contribution >= 0.6 is 0 Å². The summed E-state index contributed by atoms with van der Waals surface area (Å²) in [4.78, 5) is 36.3. The molecular weight excluding hydrogens is 404 g/mol. The summed E-state index contributed by atoms with van der Waals surface area (Å²) in [6.07, 6.45) is 6.81. The first-order valence-corrected chi connectivity index (χ1v) is 10.7. The topological polar surface area (TPSA) is 88.3 Å². The van der Waals surface area contributed by atoms with Gasteiger partial charge >= 0.3 is 0 Å². The van der Waals surface area contributed by atoms with Crippen LogP contribution in [0.15, 0.2) is 59.7 Å². The van der Waals surface area contributed by atoms with E-state index < -0.39 is 0 Å². The third-order valence-electron chi connectivity index (χ3n) is 5.81. The summed E-state index contributed by atoms with van der Waals surface area (Å²) < 4.78 is 1.57. The molecule has 164 valence electrons. The van der Waals surface area contributed by atoms with Crippen LogP contribution in [0.4, 0.5) is 0 Å². The zero-order valence-electron chi connectivity index (χ0n) is 18.3. The summed E-state index contributed by atoms with van der Waals surface area (Å²) in [5.74, 6) is 0.0605. The first-order chi connectivity index (χ1) is 15.6. The number of aryl methyl sites for hydroxylation is 1. The molecule has 0 saturated carbocycles. The molecule has 0 bridgehead atoms. The predicted molar refractivity (Wildman–Crippen MR) is 126 cm³/mol. The maximum atomic E-state index is 12.9. The van der Waals surface area contributed by atoms with E-state index in [0.29, 0.717) is 22.2 Å². The van der Waals surface area contributed by atoms with Crippen molar-refractivity contribution < 1.29 is 9.90 Å². The lowest BCUT2D eigenvalue weighted by Gasteiger charge is -2.26. The molecule has 2 aromatic carbocycles. The Balaban J connectivity index is 0.00000119. The number of carbonyl (C=O) groups is 1. The molecule has 7 heteroatoms. The van der Waals surface area contributed by atoms with Gasteiger partial charge in [-0.3, -0.25) is 14.6 Å². The molecule has 0 aliphatic carbocycles. The second kappa shape index (κ2) is 9.28. The normalized spacial score (nSPS) is 13.7. The van der Waals surface area contributed by atoms with E-state index in [1.165, 1.54) is 6.42 Å². The van der Waals surface area contributed by atoms with Gasteiger partial charge in [-0.2, -0.15) is 0 Å². The van der Waals surface area contributed by atoms with Gasteiger partial charge in [-0.15, -0.1) is 0 Å². The monoisotopic (exact) mass is 430 g/mol. The standard InChI is InChI=1S/C24H22N4O2.CH4O/c1-27-12-9-16-13-17(5-7-19(16)24(27)30)22-15-25-20-8-6-18(14-21(20)26-22)23(29)28-10-3-2-4-11-28;1-2/h5-9,12-15H,2-4,10-11H2,1H3;2H,1H3. The summed E-state index contributed by atoms with van der Waals surface area (Å²) in [7, 11) is 2.74. The van der Waals surface area contributed by atoms with Crippen molar-refractivity contribution in [3.63, 3.8) is 0 Å². The molecule has 1 amide bonds. The highest BCUT2D eigenvalue weighted by Gasteiger charge is 2.18. The van der Waals surface area contributed by atoms with Crippen molar-refractivity contribution in [3.05, 3.63) is 70.8 Å². The number of likely N-dealkylation sites (tertiary alicyclic amines) is 1. The zero-order chi connectivity index (χ0) is 22.7. The molecule has 7 nitrogen and oxygen atoms in total. The minimum atomic E-state index is -0.0236. The number of benzene rings is 2. The molecule has 2 aromatic heterocycles. The fourth-order valence-electron chi connectivity index (χ4n) is 4.07. The Morgan fingerprint density at radius 1 is 0.969 bits per heavy atom. The van der Waals surface area contributed by atoms with Crippen LogP contribution in [-0.4, -0.2) is 50.6 Å². The van der Waals surface area contributed by atoms with E-state index in [9.17, 15) is 9.59 Å². The van der Waals surface area contributed by atoms with E-state index in [1.54, 1.807) is 24.0 Å². The van der Waals surface area contributed by atoms with Gasteiger partial charge in [-0.25, -0.2) is 4.98 Å². The van der Waals surface area contributed by atoms with E-state index in [4.69, 9.17) is 10.1 Å². The molecule has 0 atom stereocenters. The number of fused-ring (bicyclic) bond motifs is 2. The Morgan fingerprint density at radius 3 is 2.53 bits per heavy atom. The quantitative estimate of drug-likeness (QED) is 0.527. The minimum absolute atomic E-state index is 0.0236. The van der Waals surface area contributed by atoms with Crippen molar-refractivity contribution >= 4 is 27.7 Å². The van der Waals surface area contributed by atoms with Crippen LogP contribution < -0.4 is 5.56 Å². The van der Waals surface area contributed by atoms with Crippen molar-refractivity contribution in [1.82, 2.24) is 19.4 Å². The van der Waals surface area contributed by atoms with Crippen LogP contribution in [0, 0.1) is 0 Å². The van der Waals surface area contributed by atoms with Gasteiger partial charge in [-0.05, 0) is 61.0 Å². The number of nitrogens with zero attached hydrogens (tertiary/aromatic N) is 4. The van der Waals surface area contributed by atoms with E-state index >= 15 is 0 Å². The van der Waals surface area contributed by atoms with E-state index in [0.717, 1.165) is 49.5 Å². The molecule has 1 saturated heterocycles. The first-order valence-electron chi connectivity index (χ1n) is 10.7. The SMILES string of the molecule is CO.Cn1ccc2cc(-c3cnc4ccc(C(=O)N5CCCCC5)cc4n3)ccc2c1=O. The molecule has 5 rings (SSSR count). The molecule has 1 aliphatic rings. The van der Waals surface area contributed by atoms with Gasteiger partial charge in [0.05, 0.1) is 22.9 Å². The van der Waals surface area contributed by atoms with Gasteiger partial charge in [0.2, 0.25) is 0 Å². The van der Waals surface area contributed by atoms with Crippen molar-refractivity contribution in [2.24, 2.45) is 7.05 Å². The minimum Gasteiger partial charge on any atom is -0.400 e. The number of piperidine rings is 1. The van der Waals surface area contributed by atoms with Crippen LogP contribution in [0.3, 0.4) is 0 Å².